The van der Waals surface area contributed by atoms with Crippen molar-refractivity contribution in [3.8, 4) is 0 Å². The number of aryl methyl sites for hydroxylation is 2. The van der Waals surface area contributed by atoms with Gasteiger partial charge in [0.1, 0.15) is 17.2 Å². The predicted molar refractivity (Wildman–Crippen MR) is 130 cm³/mol. The molecule has 1 saturated carbocycles. The number of hydrogen-bond donors (Lipinski definition) is 3. The summed E-state index contributed by atoms with van der Waals surface area (Å²) < 4.78 is 5.79. The molecule has 2 atom stereocenters. The third kappa shape index (κ3) is 4.37. The Morgan fingerprint density at radius 3 is 2.56 bits per heavy atom. The zero-order valence-corrected chi connectivity index (χ0v) is 20.9. The minimum atomic E-state index is -0.476. The number of anilines is 2. The summed E-state index contributed by atoms with van der Waals surface area (Å²) in [4.78, 5) is 24.7. The van der Waals surface area contributed by atoms with Gasteiger partial charge in [0.25, 0.3) is 0 Å². The second kappa shape index (κ2) is 8.52. The van der Waals surface area contributed by atoms with Crippen molar-refractivity contribution < 1.29 is 9.53 Å². The Bertz CT molecular complexity index is 1050. The van der Waals surface area contributed by atoms with Gasteiger partial charge in [0.15, 0.2) is 5.82 Å². The van der Waals surface area contributed by atoms with E-state index in [-0.39, 0.29) is 17.7 Å². The van der Waals surface area contributed by atoms with Crippen LogP contribution in [0.1, 0.15) is 76.0 Å². The highest BCUT2D eigenvalue weighted by molar-refractivity contribution is 5.72. The predicted octanol–water partition coefficient (Wildman–Crippen LogP) is 4.19. The van der Waals surface area contributed by atoms with E-state index in [1.807, 2.05) is 46.8 Å². The van der Waals surface area contributed by atoms with E-state index in [4.69, 9.17) is 14.7 Å². The summed E-state index contributed by atoms with van der Waals surface area (Å²) in [6.45, 7) is 11.5. The van der Waals surface area contributed by atoms with Crippen LogP contribution in [0.2, 0.25) is 0 Å². The SMILES string of the molecule is Cc1cc(Nc2cc(C)[nH]n2)nc(C2CCC([C@]34CNC[C@H](C3)N4C(=O)OC(C)(C)C)CC2)n1. The maximum absolute atomic E-state index is 13.1. The zero-order chi connectivity index (χ0) is 24.1. The normalized spacial score (nSPS) is 28.9. The van der Waals surface area contributed by atoms with Gasteiger partial charge in [-0.1, -0.05) is 0 Å². The molecule has 0 aromatic carbocycles. The van der Waals surface area contributed by atoms with Crippen LogP contribution in [0, 0.1) is 19.8 Å². The van der Waals surface area contributed by atoms with E-state index in [0.717, 1.165) is 74.0 Å². The molecule has 3 N–H and O–H groups in total. The maximum atomic E-state index is 13.1. The van der Waals surface area contributed by atoms with E-state index >= 15 is 0 Å². The van der Waals surface area contributed by atoms with Gasteiger partial charge in [-0.05, 0) is 72.6 Å². The van der Waals surface area contributed by atoms with Crippen LogP contribution in [-0.4, -0.2) is 61.4 Å². The molecular weight excluding hydrogens is 430 g/mol. The topological polar surface area (TPSA) is 108 Å². The van der Waals surface area contributed by atoms with Crippen molar-refractivity contribution in [2.45, 2.75) is 89.8 Å². The molecule has 34 heavy (non-hydrogen) atoms. The number of nitrogens with zero attached hydrogens (tertiary/aromatic N) is 4. The number of fused-ring (bicyclic) bond motifs is 2. The van der Waals surface area contributed by atoms with Crippen LogP contribution in [0.4, 0.5) is 16.4 Å². The Hall–Kier alpha value is -2.68. The first kappa shape index (κ1) is 23.1. The number of H-pyrrole nitrogens is 1. The van der Waals surface area contributed by atoms with E-state index < -0.39 is 5.60 Å². The lowest BCUT2D eigenvalue weighted by Gasteiger charge is -2.65. The lowest BCUT2D eigenvalue weighted by atomic mass is 9.62. The lowest BCUT2D eigenvalue weighted by Crippen LogP contribution is -2.80. The monoisotopic (exact) mass is 467 g/mol. The van der Waals surface area contributed by atoms with Crippen LogP contribution < -0.4 is 10.6 Å². The highest BCUT2D eigenvalue weighted by atomic mass is 16.6. The first-order valence-corrected chi connectivity index (χ1v) is 12.5. The number of piperazine rings is 1. The number of carbonyl (C=O) groups excluding carboxylic acids is 1. The molecule has 2 bridgehead atoms. The van der Waals surface area contributed by atoms with Crippen molar-refractivity contribution in [2.24, 2.45) is 5.92 Å². The van der Waals surface area contributed by atoms with Crippen LogP contribution in [0.25, 0.3) is 0 Å². The van der Waals surface area contributed by atoms with Crippen LogP contribution in [0.5, 0.6) is 0 Å². The van der Waals surface area contributed by atoms with Crippen LogP contribution in [0.3, 0.4) is 0 Å². The first-order chi connectivity index (χ1) is 16.1. The van der Waals surface area contributed by atoms with Crippen molar-refractivity contribution in [1.82, 2.24) is 30.4 Å². The number of ether oxygens (including phenoxy) is 1. The standard InChI is InChI=1S/C25H37N7O2/c1-15-10-20(28-21-11-16(2)30-31-21)29-22(27-15)17-6-8-18(9-7-17)25-12-19(13-26-14-25)32(25)23(33)34-24(3,4)5/h10-11,17-19,26H,6-9,12-14H2,1-5H3,(H2,27,28,29,30,31)/t17?,18?,19-,25+/m0/s1. The summed E-state index contributed by atoms with van der Waals surface area (Å²) >= 11 is 0. The highest BCUT2D eigenvalue weighted by Gasteiger charge is 2.61. The molecule has 184 valence electrons. The largest absolute Gasteiger partial charge is 0.444 e. The van der Waals surface area contributed by atoms with Gasteiger partial charge < -0.3 is 15.4 Å². The molecule has 0 spiro atoms. The molecule has 0 radical (unpaired) electrons. The third-order valence-corrected chi connectivity index (χ3v) is 7.52. The molecule has 5 heterocycles. The zero-order valence-electron chi connectivity index (χ0n) is 20.9. The molecule has 4 fully saturated rings. The van der Waals surface area contributed by atoms with E-state index in [1.165, 1.54) is 0 Å². The van der Waals surface area contributed by atoms with Crippen molar-refractivity contribution in [2.75, 3.05) is 18.4 Å². The molecule has 4 aliphatic rings. The van der Waals surface area contributed by atoms with E-state index in [0.29, 0.717) is 11.8 Å². The van der Waals surface area contributed by atoms with E-state index in [2.05, 4.69) is 25.7 Å². The van der Waals surface area contributed by atoms with Gasteiger partial charge >= 0.3 is 6.09 Å². The lowest BCUT2D eigenvalue weighted by molar-refractivity contribution is -0.132. The van der Waals surface area contributed by atoms with Gasteiger partial charge in [-0.3, -0.25) is 10.00 Å². The number of hydrogen-bond acceptors (Lipinski definition) is 7. The Labute approximate surface area is 201 Å². The second-order valence-corrected chi connectivity index (χ2v) is 11.3. The summed E-state index contributed by atoms with van der Waals surface area (Å²) in [7, 11) is 0. The number of amides is 1. The summed E-state index contributed by atoms with van der Waals surface area (Å²) in [6, 6.07) is 4.17. The fraction of sp³-hybridized carbons (Fsp3) is 0.680. The van der Waals surface area contributed by atoms with Gasteiger partial charge in [-0.15, -0.1) is 0 Å². The fourth-order valence-electron chi connectivity index (χ4n) is 6.11. The number of aromatic nitrogens is 4. The summed E-state index contributed by atoms with van der Waals surface area (Å²) in [5.74, 6) is 3.24. The molecule has 3 aliphatic heterocycles. The highest BCUT2D eigenvalue weighted by Crippen LogP contribution is 2.51. The third-order valence-electron chi connectivity index (χ3n) is 7.52. The van der Waals surface area contributed by atoms with E-state index in [1.54, 1.807) is 0 Å². The molecule has 9 nitrogen and oxygen atoms in total. The van der Waals surface area contributed by atoms with Crippen molar-refractivity contribution >= 4 is 17.7 Å². The van der Waals surface area contributed by atoms with Crippen LogP contribution in [-0.2, 0) is 4.74 Å². The Balaban J connectivity index is 1.27. The minimum absolute atomic E-state index is 0.117. The Morgan fingerprint density at radius 1 is 1.15 bits per heavy atom. The smallest absolute Gasteiger partial charge is 0.411 e. The summed E-state index contributed by atoms with van der Waals surface area (Å²) in [5, 5.41) is 14.1. The number of rotatable bonds is 4. The van der Waals surface area contributed by atoms with Crippen molar-refractivity contribution in [1.29, 1.82) is 0 Å². The van der Waals surface area contributed by atoms with E-state index in [9.17, 15) is 4.79 Å². The number of piperidine rings is 1. The molecule has 3 saturated heterocycles. The van der Waals surface area contributed by atoms with Crippen molar-refractivity contribution in [3.63, 3.8) is 0 Å². The molecule has 1 aliphatic carbocycles. The Kier molecular flexibility index (Phi) is 5.78. The summed E-state index contributed by atoms with van der Waals surface area (Å²) in [5.41, 5.74) is 1.36. The molecule has 2 aromatic rings. The maximum Gasteiger partial charge on any atom is 0.411 e. The number of carbonyl (C=O) groups is 1. The molecule has 0 unspecified atom stereocenters. The molecular formula is C25H37N7O2. The van der Waals surface area contributed by atoms with Gasteiger partial charge in [0, 0.05) is 42.5 Å². The van der Waals surface area contributed by atoms with Gasteiger partial charge in [0.2, 0.25) is 0 Å². The van der Waals surface area contributed by atoms with Crippen LogP contribution in [0.15, 0.2) is 12.1 Å². The second-order valence-electron chi connectivity index (χ2n) is 11.3. The van der Waals surface area contributed by atoms with Crippen LogP contribution >= 0.6 is 0 Å². The first-order valence-electron chi connectivity index (χ1n) is 12.5. The van der Waals surface area contributed by atoms with Gasteiger partial charge in [0.05, 0.1) is 11.6 Å². The molecule has 1 amide bonds. The molecule has 2 aromatic heterocycles. The quantitative estimate of drug-likeness (QED) is 0.619. The van der Waals surface area contributed by atoms with Crippen molar-refractivity contribution in [3.05, 3.63) is 29.3 Å². The molecule has 9 heteroatoms. The summed E-state index contributed by atoms with van der Waals surface area (Å²) in [6.07, 6.45) is 5.12. The number of nitrogens with one attached hydrogen (secondary N) is 3. The average Bonchev–Trinajstić information content (AvgIpc) is 3.16. The van der Waals surface area contributed by atoms with Gasteiger partial charge in [-0.25, -0.2) is 14.8 Å². The van der Waals surface area contributed by atoms with Gasteiger partial charge in [-0.2, -0.15) is 5.10 Å². The average molecular weight is 468 g/mol. The number of aromatic amines is 1. The minimum Gasteiger partial charge on any atom is -0.444 e. The molecule has 6 rings (SSSR count). The Morgan fingerprint density at radius 2 is 1.91 bits per heavy atom. The fourth-order valence-corrected chi connectivity index (χ4v) is 6.11.